The van der Waals surface area contributed by atoms with Crippen molar-refractivity contribution in [3.8, 4) is 11.1 Å². The van der Waals surface area contributed by atoms with Gasteiger partial charge in [0.15, 0.2) is 0 Å². The van der Waals surface area contributed by atoms with Gasteiger partial charge in [-0.25, -0.2) is 4.79 Å². The van der Waals surface area contributed by atoms with Gasteiger partial charge in [-0.3, -0.25) is 4.68 Å². The van der Waals surface area contributed by atoms with Gasteiger partial charge in [0.1, 0.15) is 5.60 Å². The first-order chi connectivity index (χ1) is 15.7. The van der Waals surface area contributed by atoms with Crippen LogP contribution in [0.2, 0.25) is 0 Å². The van der Waals surface area contributed by atoms with Crippen LogP contribution < -0.4 is 10.6 Å². The van der Waals surface area contributed by atoms with Crippen LogP contribution in [0.15, 0.2) is 30.6 Å². The van der Waals surface area contributed by atoms with Crippen LogP contribution >= 0.6 is 0 Å². The monoisotopic (exact) mass is 450 g/mol. The van der Waals surface area contributed by atoms with Crippen molar-refractivity contribution in [2.45, 2.75) is 88.8 Å². The van der Waals surface area contributed by atoms with Crippen LogP contribution in [0, 0.1) is 5.92 Å². The van der Waals surface area contributed by atoms with Gasteiger partial charge in [0.05, 0.1) is 6.20 Å². The smallest absolute Gasteiger partial charge is 0.407 e. The van der Waals surface area contributed by atoms with E-state index < -0.39 is 5.60 Å². The molecule has 2 saturated carbocycles. The molecule has 2 N–H and O–H groups in total. The van der Waals surface area contributed by atoms with E-state index in [1.54, 1.807) is 5.56 Å². The number of ether oxygens (including phenoxy) is 1. The lowest BCUT2D eigenvalue weighted by Gasteiger charge is -2.30. The molecular formula is C27H38N4O2. The fourth-order valence-electron chi connectivity index (χ4n) is 5.94. The lowest BCUT2D eigenvalue weighted by molar-refractivity contribution is 0.0487. The summed E-state index contributed by atoms with van der Waals surface area (Å²) < 4.78 is 7.28. The quantitative estimate of drug-likeness (QED) is 0.692. The number of carbonyl (C=O) groups excluding carboxylic acids is 1. The second-order valence-corrected chi connectivity index (χ2v) is 11.5. The second-order valence-electron chi connectivity index (χ2n) is 11.5. The number of carbonyl (C=O) groups is 1. The number of aromatic nitrogens is 2. The van der Waals surface area contributed by atoms with Gasteiger partial charge in [-0.05, 0) is 94.9 Å². The van der Waals surface area contributed by atoms with Crippen LogP contribution in [0.25, 0.3) is 11.1 Å². The largest absolute Gasteiger partial charge is 0.444 e. The molecule has 1 amide bonds. The Morgan fingerprint density at radius 2 is 2.00 bits per heavy atom. The summed E-state index contributed by atoms with van der Waals surface area (Å²) in [6, 6.07) is 7.86. The normalized spacial score (nSPS) is 28.5. The predicted octanol–water partition coefficient (Wildman–Crippen LogP) is 4.72. The average molecular weight is 451 g/mol. The molecule has 3 aliphatic carbocycles. The molecule has 6 nitrogen and oxygen atoms in total. The van der Waals surface area contributed by atoms with Crippen LogP contribution in [-0.2, 0) is 23.6 Å². The van der Waals surface area contributed by atoms with E-state index in [0.717, 1.165) is 32.2 Å². The fourth-order valence-corrected chi connectivity index (χ4v) is 5.94. The molecule has 33 heavy (non-hydrogen) atoms. The van der Waals surface area contributed by atoms with Crippen molar-refractivity contribution in [3.63, 3.8) is 0 Å². The topological polar surface area (TPSA) is 68.2 Å². The van der Waals surface area contributed by atoms with Crippen LogP contribution in [0.1, 0.15) is 70.4 Å². The number of benzene rings is 1. The van der Waals surface area contributed by atoms with E-state index in [9.17, 15) is 4.79 Å². The lowest BCUT2D eigenvalue weighted by atomic mass is 9.86. The third-order valence-corrected chi connectivity index (χ3v) is 7.82. The SMILES string of the molecule is Cn1cc(-c2ccc3c(c2)C2(CC3)CC2NC[C@H]2CC[C@H](NC(=O)OC(C)(C)C)CC2)cn1. The van der Waals surface area contributed by atoms with Crippen LogP contribution in [0.3, 0.4) is 0 Å². The van der Waals surface area contributed by atoms with Gasteiger partial charge in [0.25, 0.3) is 0 Å². The zero-order valence-electron chi connectivity index (χ0n) is 20.5. The molecule has 0 saturated heterocycles. The highest BCUT2D eigenvalue weighted by molar-refractivity contribution is 5.68. The number of aryl methyl sites for hydroxylation is 2. The van der Waals surface area contributed by atoms with Crippen molar-refractivity contribution < 1.29 is 9.53 Å². The highest BCUT2D eigenvalue weighted by Crippen LogP contribution is 2.57. The Morgan fingerprint density at radius 3 is 2.70 bits per heavy atom. The molecule has 6 heteroatoms. The zero-order chi connectivity index (χ0) is 23.2. The molecule has 0 radical (unpaired) electrons. The van der Waals surface area contributed by atoms with Gasteiger partial charge in [-0.1, -0.05) is 18.2 Å². The fraction of sp³-hybridized carbons (Fsp3) is 0.630. The number of amides is 1. The molecule has 0 bridgehead atoms. The Morgan fingerprint density at radius 1 is 1.21 bits per heavy atom. The number of rotatable bonds is 5. The maximum Gasteiger partial charge on any atom is 0.407 e. The van der Waals surface area contributed by atoms with E-state index in [4.69, 9.17) is 4.74 Å². The molecular weight excluding hydrogens is 412 g/mol. The van der Waals surface area contributed by atoms with E-state index in [1.165, 1.54) is 36.0 Å². The summed E-state index contributed by atoms with van der Waals surface area (Å²) in [5.41, 5.74) is 5.47. The summed E-state index contributed by atoms with van der Waals surface area (Å²) in [6.07, 6.45) is 11.9. The molecule has 1 heterocycles. The third kappa shape index (κ3) is 4.81. The van der Waals surface area contributed by atoms with Crippen molar-refractivity contribution >= 4 is 6.09 Å². The van der Waals surface area contributed by atoms with Gasteiger partial charge < -0.3 is 15.4 Å². The van der Waals surface area contributed by atoms with Crippen LogP contribution in [0.4, 0.5) is 4.79 Å². The molecule has 2 atom stereocenters. The summed E-state index contributed by atoms with van der Waals surface area (Å²) >= 11 is 0. The van der Waals surface area contributed by atoms with E-state index in [1.807, 2.05) is 38.7 Å². The van der Waals surface area contributed by atoms with Crippen molar-refractivity contribution in [2.24, 2.45) is 13.0 Å². The molecule has 3 aliphatic rings. The maximum atomic E-state index is 12.0. The maximum absolute atomic E-state index is 12.0. The average Bonchev–Trinajstić information content (AvgIpc) is 3.07. The molecule has 178 valence electrons. The Kier molecular flexibility index (Phi) is 5.76. The first-order valence-corrected chi connectivity index (χ1v) is 12.6. The summed E-state index contributed by atoms with van der Waals surface area (Å²) in [6.45, 7) is 6.80. The summed E-state index contributed by atoms with van der Waals surface area (Å²) in [5.74, 6) is 0.696. The van der Waals surface area contributed by atoms with Crippen LogP contribution in [-0.4, -0.2) is 40.1 Å². The van der Waals surface area contributed by atoms with Crippen molar-refractivity contribution in [3.05, 3.63) is 41.7 Å². The highest BCUT2D eigenvalue weighted by atomic mass is 16.6. The minimum atomic E-state index is -0.441. The molecule has 2 unspecified atom stereocenters. The number of alkyl carbamates (subject to hydrolysis) is 1. The Bertz CT molecular complexity index is 1020. The third-order valence-electron chi connectivity index (χ3n) is 7.82. The number of nitrogens with one attached hydrogen (secondary N) is 2. The van der Waals surface area contributed by atoms with Gasteiger partial charge >= 0.3 is 6.09 Å². The first-order valence-electron chi connectivity index (χ1n) is 12.6. The van der Waals surface area contributed by atoms with E-state index in [2.05, 4.69) is 40.1 Å². The van der Waals surface area contributed by atoms with E-state index >= 15 is 0 Å². The number of hydrogen-bond donors (Lipinski definition) is 2. The first kappa shape index (κ1) is 22.5. The predicted molar refractivity (Wildman–Crippen MR) is 130 cm³/mol. The molecule has 0 aliphatic heterocycles. The minimum absolute atomic E-state index is 0.246. The number of nitrogens with zero attached hydrogens (tertiary/aromatic N) is 2. The van der Waals surface area contributed by atoms with Crippen molar-refractivity contribution in [1.29, 1.82) is 0 Å². The van der Waals surface area contributed by atoms with Crippen LogP contribution in [0.5, 0.6) is 0 Å². The highest BCUT2D eigenvalue weighted by Gasteiger charge is 2.57. The van der Waals surface area contributed by atoms with Gasteiger partial charge in [-0.2, -0.15) is 5.10 Å². The van der Waals surface area contributed by atoms with E-state index in [-0.39, 0.29) is 12.1 Å². The number of fused-ring (bicyclic) bond motifs is 2. The second kappa shape index (κ2) is 8.46. The van der Waals surface area contributed by atoms with E-state index in [0.29, 0.717) is 17.4 Å². The Balaban J connectivity index is 1.12. The lowest BCUT2D eigenvalue weighted by Crippen LogP contribution is -2.42. The molecule has 1 spiro atoms. The molecule has 1 aromatic heterocycles. The summed E-state index contributed by atoms with van der Waals surface area (Å²) in [5, 5.41) is 11.3. The molecule has 2 fully saturated rings. The van der Waals surface area contributed by atoms with Crippen molar-refractivity contribution in [1.82, 2.24) is 20.4 Å². The van der Waals surface area contributed by atoms with Gasteiger partial charge in [0.2, 0.25) is 0 Å². The summed E-state index contributed by atoms with van der Waals surface area (Å²) in [7, 11) is 1.97. The standard InChI is InChI=1S/C27H38N4O2/c1-26(2,3)33-25(32)30-22-9-5-18(6-10-22)15-28-24-14-27(24)12-11-19-7-8-20(13-23(19)27)21-16-29-31(4)17-21/h7-8,13,16-18,22,24,28H,5-6,9-12,14-15H2,1-4H3,(H,30,32)/t18-,22-,24?,27?. The minimum Gasteiger partial charge on any atom is -0.444 e. The Labute approximate surface area is 197 Å². The van der Waals surface area contributed by atoms with Crippen molar-refractivity contribution in [2.75, 3.05) is 6.54 Å². The Hall–Kier alpha value is -2.34. The molecule has 1 aromatic carbocycles. The molecule has 5 rings (SSSR count). The zero-order valence-corrected chi connectivity index (χ0v) is 20.5. The molecule has 2 aromatic rings. The summed E-state index contributed by atoms with van der Waals surface area (Å²) in [4.78, 5) is 12.0. The number of hydrogen-bond acceptors (Lipinski definition) is 4. The van der Waals surface area contributed by atoms with Gasteiger partial charge in [-0.15, -0.1) is 0 Å². The van der Waals surface area contributed by atoms with Gasteiger partial charge in [0, 0.05) is 36.3 Å².